The van der Waals surface area contributed by atoms with Crippen LogP contribution in [0.15, 0.2) is 22.7 Å². The maximum absolute atomic E-state index is 13.0. The van der Waals surface area contributed by atoms with E-state index < -0.39 is 17.9 Å². The maximum Gasteiger partial charge on any atom is 0.321 e. The minimum Gasteiger partial charge on any atom is -0.441 e. The lowest BCUT2D eigenvalue weighted by atomic mass is 10.1. The first-order valence-corrected chi connectivity index (χ1v) is 5.11. The van der Waals surface area contributed by atoms with Crippen molar-refractivity contribution >= 4 is 21.9 Å². The Kier molecular flexibility index (Phi) is 4.40. The minimum absolute atomic E-state index is 0.260. The van der Waals surface area contributed by atoms with E-state index in [4.69, 9.17) is 15.7 Å². The molecule has 0 aliphatic carbocycles. The Morgan fingerprint density at radius 1 is 1.62 bits per heavy atom. The number of nitrogens with two attached hydrogens (primary N) is 1. The fourth-order valence-electron chi connectivity index (χ4n) is 1.08. The van der Waals surface area contributed by atoms with Crippen LogP contribution in [0, 0.1) is 17.1 Å². The van der Waals surface area contributed by atoms with Crippen LogP contribution in [0.1, 0.15) is 11.7 Å². The molecule has 84 valence electrons. The van der Waals surface area contributed by atoms with E-state index in [-0.39, 0.29) is 12.1 Å². The van der Waals surface area contributed by atoms with E-state index in [1.807, 2.05) is 0 Å². The molecule has 0 radical (unpaired) electrons. The van der Waals surface area contributed by atoms with Crippen LogP contribution in [-0.4, -0.2) is 12.5 Å². The van der Waals surface area contributed by atoms with E-state index in [1.165, 1.54) is 12.1 Å². The van der Waals surface area contributed by atoms with Crippen molar-refractivity contribution in [2.75, 3.05) is 6.54 Å². The number of carbonyl (C=O) groups excluding carboxylic acids is 1. The fourth-order valence-corrected chi connectivity index (χ4v) is 1.56. The number of hydrogen-bond acceptors (Lipinski definition) is 4. The van der Waals surface area contributed by atoms with Crippen molar-refractivity contribution in [2.24, 2.45) is 5.73 Å². The lowest BCUT2D eigenvalue weighted by Crippen LogP contribution is -2.19. The van der Waals surface area contributed by atoms with E-state index in [0.717, 1.165) is 6.07 Å². The van der Waals surface area contributed by atoms with Crippen LogP contribution in [-0.2, 0) is 9.53 Å². The van der Waals surface area contributed by atoms with Crippen LogP contribution < -0.4 is 5.73 Å². The number of benzene rings is 1. The SMILES string of the molecule is N#CC(OC(=O)CN)c1cc(F)cc(Br)c1. The average molecular weight is 287 g/mol. The van der Waals surface area contributed by atoms with Crippen LogP contribution in [0.2, 0.25) is 0 Å². The number of halogens is 2. The van der Waals surface area contributed by atoms with Gasteiger partial charge in [0.1, 0.15) is 11.9 Å². The summed E-state index contributed by atoms with van der Waals surface area (Å²) >= 11 is 3.08. The number of nitriles is 1. The first kappa shape index (κ1) is 12.6. The van der Waals surface area contributed by atoms with E-state index >= 15 is 0 Å². The third kappa shape index (κ3) is 3.29. The van der Waals surface area contributed by atoms with Crippen LogP contribution in [0.5, 0.6) is 0 Å². The highest BCUT2D eigenvalue weighted by Crippen LogP contribution is 2.22. The zero-order valence-electron chi connectivity index (χ0n) is 8.11. The van der Waals surface area contributed by atoms with E-state index in [1.54, 1.807) is 6.07 Å². The lowest BCUT2D eigenvalue weighted by Gasteiger charge is -2.10. The summed E-state index contributed by atoms with van der Waals surface area (Å²) in [5, 5.41) is 8.80. The first-order chi connectivity index (χ1) is 7.56. The van der Waals surface area contributed by atoms with E-state index in [2.05, 4.69) is 15.9 Å². The molecular weight excluding hydrogens is 279 g/mol. The number of rotatable bonds is 3. The van der Waals surface area contributed by atoms with Gasteiger partial charge in [-0.2, -0.15) is 5.26 Å². The molecule has 0 aliphatic rings. The van der Waals surface area contributed by atoms with Crippen LogP contribution >= 0.6 is 15.9 Å². The highest BCUT2D eigenvalue weighted by molar-refractivity contribution is 9.10. The number of hydrogen-bond donors (Lipinski definition) is 1. The standard InChI is InChI=1S/C10H8BrFN2O2/c11-7-1-6(2-8(12)3-7)9(4-13)16-10(15)5-14/h1-3,9H,5,14H2. The van der Waals surface area contributed by atoms with Gasteiger partial charge in [-0.15, -0.1) is 0 Å². The van der Waals surface area contributed by atoms with Crippen molar-refractivity contribution in [1.82, 2.24) is 0 Å². The van der Waals surface area contributed by atoms with Gasteiger partial charge in [-0.3, -0.25) is 4.79 Å². The molecule has 1 rings (SSSR count). The van der Waals surface area contributed by atoms with Crippen LogP contribution in [0.4, 0.5) is 4.39 Å². The molecule has 0 heterocycles. The Morgan fingerprint density at radius 3 is 2.81 bits per heavy atom. The van der Waals surface area contributed by atoms with Crippen molar-refractivity contribution in [3.8, 4) is 6.07 Å². The molecule has 1 atom stereocenters. The lowest BCUT2D eigenvalue weighted by molar-refractivity contribution is -0.145. The number of nitrogens with zero attached hydrogens (tertiary/aromatic N) is 1. The van der Waals surface area contributed by atoms with Crippen molar-refractivity contribution in [1.29, 1.82) is 5.26 Å². The van der Waals surface area contributed by atoms with Gasteiger partial charge >= 0.3 is 5.97 Å². The predicted octanol–water partition coefficient (Wildman–Crippen LogP) is 1.65. The smallest absolute Gasteiger partial charge is 0.321 e. The topological polar surface area (TPSA) is 76.1 Å². The Labute approximate surface area is 99.9 Å². The summed E-state index contributed by atoms with van der Waals surface area (Å²) in [7, 11) is 0. The molecule has 0 amide bonds. The quantitative estimate of drug-likeness (QED) is 0.858. The molecule has 16 heavy (non-hydrogen) atoms. The van der Waals surface area contributed by atoms with Gasteiger partial charge in [0.2, 0.25) is 6.10 Å². The van der Waals surface area contributed by atoms with E-state index in [9.17, 15) is 9.18 Å². The maximum atomic E-state index is 13.0. The minimum atomic E-state index is -1.15. The Bertz CT molecular complexity index is 425. The molecule has 0 fully saturated rings. The highest BCUT2D eigenvalue weighted by atomic mass is 79.9. The van der Waals surface area contributed by atoms with Gasteiger partial charge in [-0.25, -0.2) is 4.39 Å². The van der Waals surface area contributed by atoms with Gasteiger partial charge in [0.05, 0.1) is 6.54 Å². The summed E-state index contributed by atoms with van der Waals surface area (Å²) in [6.07, 6.45) is -1.15. The third-order valence-corrected chi connectivity index (χ3v) is 2.18. The van der Waals surface area contributed by atoms with Gasteiger partial charge in [0.25, 0.3) is 0 Å². The second kappa shape index (κ2) is 5.58. The summed E-state index contributed by atoms with van der Waals surface area (Å²) in [6.45, 7) is -0.325. The molecule has 2 N–H and O–H groups in total. The summed E-state index contributed by atoms with van der Waals surface area (Å²) in [5.41, 5.74) is 5.31. The average Bonchev–Trinajstić information content (AvgIpc) is 2.24. The summed E-state index contributed by atoms with van der Waals surface area (Å²) < 4.78 is 18.2. The second-order valence-electron chi connectivity index (χ2n) is 2.91. The number of ether oxygens (including phenoxy) is 1. The van der Waals surface area contributed by atoms with Gasteiger partial charge in [-0.1, -0.05) is 15.9 Å². The Balaban J connectivity index is 2.96. The third-order valence-electron chi connectivity index (χ3n) is 1.72. The molecule has 0 aliphatic heterocycles. The van der Waals surface area contributed by atoms with Gasteiger partial charge in [-0.05, 0) is 18.2 Å². The molecule has 1 aromatic carbocycles. The molecule has 0 bridgehead atoms. The van der Waals surface area contributed by atoms with Crippen LogP contribution in [0.3, 0.4) is 0 Å². The number of esters is 1. The summed E-state index contributed by atoms with van der Waals surface area (Å²) in [6, 6.07) is 5.62. The highest BCUT2D eigenvalue weighted by Gasteiger charge is 2.16. The molecule has 1 unspecified atom stereocenters. The van der Waals surface area contributed by atoms with Crippen molar-refractivity contribution in [3.63, 3.8) is 0 Å². The molecule has 0 spiro atoms. The summed E-state index contributed by atoms with van der Waals surface area (Å²) in [4.78, 5) is 10.9. The molecule has 6 heteroatoms. The van der Waals surface area contributed by atoms with E-state index in [0.29, 0.717) is 4.47 Å². The molecule has 0 aromatic heterocycles. The first-order valence-electron chi connectivity index (χ1n) is 4.32. The Hall–Kier alpha value is -1.45. The number of carbonyl (C=O) groups is 1. The largest absolute Gasteiger partial charge is 0.441 e. The zero-order valence-corrected chi connectivity index (χ0v) is 9.70. The van der Waals surface area contributed by atoms with Crippen LogP contribution in [0.25, 0.3) is 0 Å². The van der Waals surface area contributed by atoms with Gasteiger partial charge < -0.3 is 10.5 Å². The zero-order chi connectivity index (χ0) is 12.1. The van der Waals surface area contributed by atoms with Gasteiger partial charge in [0, 0.05) is 10.0 Å². The monoisotopic (exact) mass is 286 g/mol. The summed E-state index contributed by atoms with van der Waals surface area (Å²) in [5.74, 6) is -1.24. The Morgan fingerprint density at radius 2 is 2.31 bits per heavy atom. The fraction of sp³-hybridized carbons (Fsp3) is 0.200. The van der Waals surface area contributed by atoms with Crippen molar-refractivity contribution in [3.05, 3.63) is 34.1 Å². The normalized spacial score (nSPS) is 11.6. The van der Waals surface area contributed by atoms with Crippen molar-refractivity contribution in [2.45, 2.75) is 6.10 Å². The molecule has 0 saturated carbocycles. The molecule has 0 saturated heterocycles. The molecular formula is C10H8BrFN2O2. The molecule has 1 aromatic rings. The van der Waals surface area contributed by atoms with Crippen molar-refractivity contribution < 1.29 is 13.9 Å². The second-order valence-corrected chi connectivity index (χ2v) is 3.82. The van der Waals surface area contributed by atoms with Gasteiger partial charge in [0.15, 0.2) is 0 Å². The predicted molar refractivity (Wildman–Crippen MR) is 57.6 cm³/mol. The molecule has 4 nitrogen and oxygen atoms in total.